The number of aromatic nitrogens is 2. The van der Waals surface area contributed by atoms with Crippen molar-refractivity contribution >= 4 is 27.5 Å². The first-order chi connectivity index (χ1) is 15.6. The first-order valence-corrected chi connectivity index (χ1v) is 11.9. The van der Waals surface area contributed by atoms with Crippen molar-refractivity contribution < 1.29 is 19.0 Å². The number of methoxy groups -OCH3 is 1. The third kappa shape index (κ3) is 4.35. The third-order valence-corrected chi connectivity index (χ3v) is 7.28. The zero-order valence-electron chi connectivity index (χ0n) is 18.4. The lowest BCUT2D eigenvalue weighted by atomic mass is 9.89. The molecule has 1 atom stereocenters. The number of morpholine rings is 1. The second-order valence-corrected chi connectivity index (χ2v) is 9.57. The highest BCUT2D eigenvalue weighted by Crippen LogP contribution is 2.42. The highest BCUT2D eigenvalue weighted by Gasteiger charge is 2.25. The molecule has 1 fully saturated rings. The number of rotatable bonds is 5. The molecule has 2 aliphatic rings. The summed E-state index contributed by atoms with van der Waals surface area (Å²) < 4.78 is 16.6. The highest BCUT2D eigenvalue weighted by molar-refractivity contribution is 7.18. The second kappa shape index (κ2) is 9.13. The number of esters is 1. The normalized spacial score (nSPS) is 19.0. The minimum absolute atomic E-state index is 0.366. The molecule has 0 saturated carbocycles. The number of aryl methyl sites for hydroxylation is 1. The van der Waals surface area contributed by atoms with Crippen LogP contribution in [0.5, 0.6) is 11.6 Å². The van der Waals surface area contributed by atoms with Crippen molar-refractivity contribution in [1.29, 1.82) is 0 Å². The van der Waals surface area contributed by atoms with Gasteiger partial charge in [0, 0.05) is 18.0 Å². The summed E-state index contributed by atoms with van der Waals surface area (Å²) in [5.74, 6) is 2.34. The summed E-state index contributed by atoms with van der Waals surface area (Å²) in [6.07, 6.45) is 3.28. The number of carbonyl (C=O) groups is 1. The van der Waals surface area contributed by atoms with Crippen molar-refractivity contribution in [2.75, 3.05) is 33.4 Å². The third-order valence-electron chi connectivity index (χ3n) is 6.13. The largest absolute Gasteiger partial charge is 0.465 e. The van der Waals surface area contributed by atoms with Gasteiger partial charge in [-0.2, -0.15) is 4.98 Å². The van der Waals surface area contributed by atoms with Crippen molar-refractivity contribution in [3.05, 3.63) is 46.1 Å². The van der Waals surface area contributed by atoms with Gasteiger partial charge < -0.3 is 14.2 Å². The number of thiophene rings is 1. The van der Waals surface area contributed by atoms with Gasteiger partial charge in [-0.15, -0.1) is 11.3 Å². The van der Waals surface area contributed by atoms with E-state index in [9.17, 15) is 4.79 Å². The van der Waals surface area contributed by atoms with Crippen LogP contribution in [-0.4, -0.2) is 54.3 Å². The van der Waals surface area contributed by atoms with Crippen LogP contribution in [0.2, 0.25) is 0 Å². The van der Waals surface area contributed by atoms with E-state index >= 15 is 0 Å². The lowest BCUT2D eigenvalue weighted by Crippen LogP contribution is -2.36. The topological polar surface area (TPSA) is 73.8 Å². The first-order valence-electron chi connectivity index (χ1n) is 11.1. The van der Waals surface area contributed by atoms with E-state index < -0.39 is 0 Å². The standard InChI is InChI=1S/C24H27N3O4S/c1-15-3-8-18-19(13-15)32-23-21(18)22(25-20(26-23)14-27-9-11-30-12-10-27)31-17-6-4-16(5-7-17)24(28)29-2/h4-7,15H,3,8-14H2,1-2H3/t15-/m0/s1. The minimum Gasteiger partial charge on any atom is -0.465 e. The van der Waals surface area contributed by atoms with Crippen LogP contribution < -0.4 is 4.74 Å². The van der Waals surface area contributed by atoms with Crippen LogP contribution in [0.3, 0.4) is 0 Å². The predicted molar refractivity (Wildman–Crippen MR) is 123 cm³/mol. The van der Waals surface area contributed by atoms with Gasteiger partial charge in [0.15, 0.2) is 0 Å². The Balaban J connectivity index is 1.51. The van der Waals surface area contributed by atoms with Gasteiger partial charge >= 0.3 is 5.97 Å². The molecule has 3 aromatic rings. The molecular formula is C24H27N3O4S. The summed E-state index contributed by atoms with van der Waals surface area (Å²) in [6.45, 7) is 6.22. The Bertz CT molecular complexity index is 1120. The van der Waals surface area contributed by atoms with E-state index in [1.165, 1.54) is 24.0 Å². The fourth-order valence-corrected chi connectivity index (χ4v) is 5.74. The Morgan fingerprint density at radius 1 is 1.22 bits per heavy atom. The van der Waals surface area contributed by atoms with Gasteiger partial charge in [0.1, 0.15) is 16.4 Å². The maximum Gasteiger partial charge on any atom is 0.337 e. The summed E-state index contributed by atoms with van der Waals surface area (Å²) in [4.78, 5) is 26.3. The maximum atomic E-state index is 11.7. The lowest BCUT2D eigenvalue weighted by Gasteiger charge is -2.25. The van der Waals surface area contributed by atoms with Crippen LogP contribution >= 0.6 is 11.3 Å². The molecule has 0 bridgehead atoms. The minimum atomic E-state index is -0.366. The highest BCUT2D eigenvalue weighted by atomic mass is 32.1. The molecule has 168 valence electrons. The molecule has 0 amide bonds. The zero-order valence-corrected chi connectivity index (χ0v) is 19.2. The average molecular weight is 454 g/mol. The Hall–Kier alpha value is -2.55. The van der Waals surface area contributed by atoms with Crippen LogP contribution in [0.25, 0.3) is 10.2 Å². The fourth-order valence-electron chi connectivity index (χ4n) is 4.34. The number of hydrogen-bond acceptors (Lipinski definition) is 8. The van der Waals surface area contributed by atoms with Crippen molar-refractivity contribution in [3.63, 3.8) is 0 Å². The number of carbonyl (C=O) groups excluding carboxylic acids is 1. The molecule has 1 aliphatic carbocycles. The number of ether oxygens (including phenoxy) is 3. The van der Waals surface area contributed by atoms with Gasteiger partial charge in [-0.25, -0.2) is 9.78 Å². The quantitative estimate of drug-likeness (QED) is 0.535. The monoisotopic (exact) mass is 453 g/mol. The molecule has 0 N–H and O–H groups in total. The van der Waals surface area contributed by atoms with E-state index in [2.05, 4.69) is 11.8 Å². The van der Waals surface area contributed by atoms with E-state index in [1.807, 2.05) is 0 Å². The van der Waals surface area contributed by atoms with Crippen molar-refractivity contribution in [1.82, 2.24) is 14.9 Å². The Morgan fingerprint density at radius 2 is 2.00 bits per heavy atom. The van der Waals surface area contributed by atoms with E-state index in [-0.39, 0.29) is 5.97 Å². The summed E-state index contributed by atoms with van der Waals surface area (Å²) in [6, 6.07) is 6.98. The Morgan fingerprint density at radius 3 is 2.75 bits per heavy atom. The molecule has 0 unspecified atom stereocenters. The van der Waals surface area contributed by atoms with Crippen LogP contribution in [0.15, 0.2) is 24.3 Å². The molecule has 2 aromatic heterocycles. The SMILES string of the molecule is COC(=O)c1ccc(Oc2nc(CN3CCOCC3)nc3sc4c(c23)CC[C@H](C)C4)cc1. The molecule has 5 rings (SSSR count). The van der Waals surface area contributed by atoms with Gasteiger partial charge in [0.2, 0.25) is 5.88 Å². The van der Waals surface area contributed by atoms with Crippen LogP contribution in [0.4, 0.5) is 0 Å². The van der Waals surface area contributed by atoms with E-state index in [0.717, 1.165) is 55.2 Å². The van der Waals surface area contributed by atoms with E-state index in [4.69, 9.17) is 24.2 Å². The lowest BCUT2D eigenvalue weighted by molar-refractivity contribution is 0.0330. The zero-order chi connectivity index (χ0) is 22.1. The molecule has 32 heavy (non-hydrogen) atoms. The summed E-state index contributed by atoms with van der Waals surface area (Å²) in [5.41, 5.74) is 1.82. The van der Waals surface area contributed by atoms with Crippen molar-refractivity contribution in [2.24, 2.45) is 5.92 Å². The summed E-state index contributed by atoms with van der Waals surface area (Å²) >= 11 is 1.78. The molecule has 1 saturated heterocycles. The molecule has 0 spiro atoms. The summed E-state index contributed by atoms with van der Waals surface area (Å²) in [5, 5.41) is 1.04. The van der Waals surface area contributed by atoms with Gasteiger partial charge in [-0.3, -0.25) is 4.90 Å². The van der Waals surface area contributed by atoms with Gasteiger partial charge in [-0.05, 0) is 55.0 Å². The molecular weight excluding hydrogens is 426 g/mol. The van der Waals surface area contributed by atoms with Gasteiger partial charge in [-0.1, -0.05) is 6.92 Å². The Labute approximate surface area is 191 Å². The first kappa shape index (κ1) is 21.3. The molecule has 1 aliphatic heterocycles. The second-order valence-electron chi connectivity index (χ2n) is 8.48. The van der Waals surface area contributed by atoms with Gasteiger partial charge in [0.25, 0.3) is 0 Å². The van der Waals surface area contributed by atoms with Gasteiger partial charge in [0.05, 0.1) is 37.8 Å². The number of nitrogens with zero attached hydrogens (tertiary/aromatic N) is 3. The molecule has 0 radical (unpaired) electrons. The van der Waals surface area contributed by atoms with Crippen LogP contribution in [0.1, 0.15) is 40.0 Å². The average Bonchev–Trinajstić information content (AvgIpc) is 3.17. The Kier molecular flexibility index (Phi) is 6.08. The van der Waals surface area contributed by atoms with Crippen molar-refractivity contribution in [3.8, 4) is 11.6 Å². The van der Waals surface area contributed by atoms with Crippen molar-refractivity contribution in [2.45, 2.75) is 32.7 Å². The smallest absolute Gasteiger partial charge is 0.337 e. The molecule has 7 nitrogen and oxygen atoms in total. The number of fused-ring (bicyclic) bond motifs is 3. The summed E-state index contributed by atoms with van der Waals surface area (Å²) in [7, 11) is 1.38. The molecule has 3 heterocycles. The van der Waals surface area contributed by atoms with Crippen LogP contribution in [0, 0.1) is 5.92 Å². The maximum absolute atomic E-state index is 11.7. The predicted octanol–water partition coefficient (Wildman–Crippen LogP) is 4.23. The molecule has 8 heteroatoms. The van der Waals surface area contributed by atoms with E-state index in [1.54, 1.807) is 35.6 Å². The van der Waals surface area contributed by atoms with E-state index in [0.29, 0.717) is 29.7 Å². The number of benzene rings is 1. The number of hydrogen-bond donors (Lipinski definition) is 0. The fraction of sp³-hybridized carbons (Fsp3) is 0.458. The van der Waals surface area contributed by atoms with Crippen LogP contribution in [-0.2, 0) is 28.9 Å². The molecule has 1 aromatic carbocycles.